The summed E-state index contributed by atoms with van der Waals surface area (Å²) in [4.78, 5) is 76.5. The molecular weight excluding hydrogens is 624 g/mol. The van der Waals surface area contributed by atoms with Crippen molar-refractivity contribution in [2.75, 3.05) is 13.1 Å². The maximum atomic E-state index is 13.2. The predicted molar refractivity (Wildman–Crippen MR) is 186 cm³/mol. The summed E-state index contributed by atoms with van der Waals surface area (Å²) >= 11 is 0. The van der Waals surface area contributed by atoms with E-state index in [4.69, 9.17) is 9.84 Å². The summed E-state index contributed by atoms with van der Waals surface area (Å²) in [5, 5.41) is 8.97. The number of amides is 2. The number of Topliss-reactive ketones (excluding diaryl/α,β-unsaturated/α-hetero) is 2. The van der Waals surface area contributed by atoms with Crippen LogP contribution in [0.4, 0.5) is 0 Å². The van der Waals surface area contributed by atoms with E-state index in [1.165, 1.54) is 34.6 Å². The quantitative estimate of drug-likeness (QED) is 0.193. The molecule has 0 unspecified atom stereocenters. The Kier molecular flexibility index (Phi) is 14.6. The Hall–Kier alpha value is -3.56. The normalized spacial score (nSPS) is 20.6. The van der Waals surface area contributed by atoms with Gasteiger partial charge >= 0.3 is 11.9 Å². The van der Waals surface area contributed by atoms with E-state index < -0.39 is 52.3 Å². The summed E-state index contributed by atoms with van der Waals surface area (Å²) < 4.78 is 6.12. The number of rotatable bonds is 13. The number of carbonyl (C=O) groups excluding carboxylic acids is 5. The molecule has 0 bridgehead atoms. The molecule has 3 atom stereocenters. The van der Waals surface area contributed by atoms with Gasteiger partial charge in [0.05, 0.1) is 0 Å². The summed E-state index contributed by atoms with van der Waals surface area (Å²) in [5.41, 5.74) is -0.189. The second-order valence-electron chi connectivity index (χ2n) is 15.2. The standard InChI is InChI=1S/C27H39NO4.C12H19NO4/c1-4-27(2,3)24(29)25(30)28-19-11-16-22(28)26(31)32-23(21-14-9-6-10-15-21)18-17-20-12-7-5-8-13-20;1-4-12(2,3)9(14)10(15)13-7-5-6-8(13)11(16)17/h5,7-8,12-13,21-23H,4,6,9-11,14-19H2,1-3H3;8H,4-7H2,1-3H3,(H,16,17)/t22-,23+;8-/m00/s1. The van der Waals surface area contributed by atoms with E-state index in [9.17, 15) is 28.8 Å². The zero-order chi connectivity index (χ0) is 36.4. The molecule has 0 spiro atoms. The van der Waals surface area contributed by atoms with E-state index in [1.807, 2.05) is 32.0 Å². The number of likely N-dealkylation sites (tertiary alicyclic amines) is 2. The Bertz CT molecular complexity index is 1320. The average molecular weight is 683 g/mol. The number of ether oxygens (including phenoxy) is 1. The van der Waals surface area contributed by atoms with Crippen molar-refractivity contribution in [3.63, 3.8) is 0 Å². The lowest BCUT2D eigenvalue weighted by atomic mass is 9.83. The summed E-state index contributed by atoms with van der Waals surface area (Å²) in [7, 11) is 0. The van der Waals surface area contributed by atoms with Crippen LogP contribution in [0.2, 0.25) is 0 Å². The number of aryl methyl sites for hydroxylation is 1. The number of nitrogens with zero attached hydrogens (tertiary/aromatic N) is 2. The number of carbonyl (C=O) groups is 6. The van der Waals surface area contributed by atoms with Crippen LogP contribution in [0.1, 0.15) is 124 Å². The second-order valence-corrected chi connectivity index (χ2v) is 15.2. The van der Waals surface area contributed by atoms with E-state index in [-0.39, 0.29) is 12.1 Å². The molecule has 2 saturated heterocycles. The van der Waals surface area contributed by atoms with Crippen LogP contribution in [0.5, 0.6) is 0 Å². The Balaban J connectivity index is 0.000000323. The van der Waals surface area contributed by atoms with Crippen LogP contribution in [0.3, 0.4) is 0 Å². The molecule has 1 N–H and O–H groups in total. The topological polar surface area (TPSA) is 138 Å². The predicted octanol–water partition coefficient (Wildman–Crippen LogP) is 6.17. The van der Waals surface area contributed by atoms with Gasteiger partial charge in [0, 0.05) is 23.9 Å². The van der Waals surface area contributed by atoms with Gasteiger partial charge in [0.1, 0.15) is 18.2 Å². The summed E-state index contributed by atoms with van der Waals surface area (Å²) in [6, 6.07) is 8.83. The highest BCUT2D eigenvalue weighted by molar-refractivity contribution is 6.38. The molecule has 2 aliphatic heterocycles. The molecule has 1 aromatic carbocycles. The summed E-state index contributed by atoms with van der Waals surface area (Å²) in [5.74, 6) is -3.07. The van der Waals surface area contributed by atoms with Crippen LogP contribution in [-0.4, -0.2) is 81.5 Å². The number of ketones is 2. The first-order chi connectivity index (χ1) is 23.1. The van der Waals surface area contributed by atoms with E-state index in [0.29, 0.717) is 51.1 Å². The highest BCUT2D eigenvalue weighted by Crippen LogP contribution is 2.32. The molecular formula is C39H58N2O8. The molecule has 2 heterocycles. The first kappa shape index (κ1) is 39.9. The van der Waals surface area contributed by atoms with Crippen LogP contribution in [-0.2, 0) is 39.9 Å². The van der Waals surface area contributed by atoms with Crippen molar-refractivity contribution >= 4 is 35.3 Å². The molecule has 3 aliphatic rings. The molecule has 10 heteroatoms. The molecule has 1 aliphatic carbocycles. The maximum absolute atomic E-state index is 13.2. The smallest absolute Gasteiger partial charge is 0.329 e. The Morgan fingerprint density at radius 1 is 0.735 bits per heavy atom. The number of benzene rings is 1. The first-order valence-electron chi connectivity index (χ1n) is 18.3. The fourth-order valence-electron chi connectivity index (χ4n) is 6.76. The van der Waals surface area contributed by atoms with Gasteiger partial charge in [0.2, 0.25) is 11.6 Å². The molecule has 1 aromatic rings. The third kappa shape index (κ3) is 10.5. The van der Waals surface area contributed by atoms with Crippen molar-refractivity contribution in [3.05, 3.63) is 35.9 Å². The molecule has 0 radical (unpaired) electrons. The molecule has 272 valence electrons. The highest BCUT2D eigenvalue weighted by Gasteiger charge is 2.43. The van der Waals surface area contributed by atoms with Gasteiger partial charge in [-0.3, -0.25) is 19.2 Å². The van der Waals surface area contributed by atoms with Gasteiger partial charge in [-0.2, -0.15) is 0 Å². The highest BCUT2D eigenvalue weighted by atomic mass is 16.5. The molecule has 0 aromatic heterocycles. The largest absolute Gasteiger partial charge is 0.480 e. The van der Waals surface area contributed by atoms with Crippen LogP contribution < -0.4 is 0 Å². The number of carboxylic acids is 1. The lowest BCUT2D eigenvalue weighted by molar-refractivity contribution is -0.163. The Morgan fingerprint density at radius 3 is 1.71 bits per heavy atom. The van der Waals surface area contributed by atoms with Gasteiger partial charge < -0.3 is 19.6 Å². The van der Waals surface area contributed by atoms with Crippen molar-refractivity contribution < 1.29 is 38.6 Å². The number of carboxylic acid groups (broad SMARTS) is 1. The van der Waals surface area contributed by atoms with Crippen LogP contribution in [0.15, 0.2) is 30.3 Å². The zero-order valence-corrected chi connectivity index (χ0v) is 30.5. The third-order valence-corrected chi connectivity index (χ3v) is 11.0. The van der Waals surface area contributed by atoms with Crippen LogP contribution in [0, 0.1) is 16.7 Å². The lowest BCUT2D eigenvalue weighted by Gasteiger charge is -2.32. The third-order valence-electron chi connectivity index (χ3n) is 11.0. The van der Waals surface area contributed by atoms with E-state index in [2.05, 4.69) is 12.1 Å². The molecule has 2 amide bonds. The van der Waals surface area contributed by atoms with Crippen molar-refractivity contribution in [2.24, 2.45) is 16.7 Å². The van der Waals surface area contributed by atoms with Gasteiger partial charge in [-0.1, -0.05) is 91.1 Å². The first-order valence-corrected chi connectivity index (χ1v) is 18.3. The minimum absolute atomic E-state index is 0.136. The molecule has 10 nitrogen and oxygen atoms in total. The van der Waals surface area contributed by atoms with Crippen LogP contribution >= 0.6 is 0 Å². The van der Waals surface area contributed by atoms with E-state index in [1.54, 1.807) is 27.7 Å². The second kappa shape index (κ2) is 17.9. The van der Waals surface area contributed by atoms with Crippen molar-refractivity contribution in [2.45, 2.75) is 143 Å². The van der Waals surface area contributed by atoms with Crippen molar-refractivity contribution in [1.29, 1.82) is 0 Å². The number of aliphatic carboxylic acids is 1. The van der Waals surface area contributed by atoms with Gasteiger partial charge in [0.15, 0.2) is 0 Å². The molecule has 1 saturated carbocycles. The van der Waals surface area contributed by atoms with E-state index in [0.717, 1.165) is 32.1 Å². The maximum Gasteiger partial charge on any atom is 0.329 e. The monoisotopic (exact) mass is 682 g/mol. The minimum atomic E-state index is -1.03. The molecule has 4 rings (SSSR count). The summed E-state index contributed by atoms with van der Waals surface area (Å²) in [6.07, 6.45) is 10.8. The fourth-order valence-corrected chi connectivity index (χ4v) is 6.76. The lowest BCUT2D eigenvalue weighted by Crippen LogP contribution is -2.48. The van der Waals surface area contributed by atoms with E-state index >= 15 is 0 Å². The Morgan fingerprint density at radius 2 is 1.22 bits per heavy atom. The van der Waals surface area contributed by atoms with Gasteiger partial charge in [-0.25, -0.2) is 9.59 Å². The molecule has 49 heavy (non-hydrogen) atoms. The Labute approximate surface area is 292 Å². The number of hydrogen-bond donors (Lipinski definition) is 1. The fraction of sp³-hybridized carbons (Fsp3) is 0.692. The number of hydrogen-bond acceptors (Lipinski definition) is 7. The summed E-state index contributed by atoms with van der Waals surface area (Å²) in [6.45, 7) is 11.5. The minimum Gasteiger partial charge on any atom is -0.480 e. The van der Waals surface area contributed by atoms with Crippen molar-refractivity contribution in [1.82, 2.24) is 9.80 Å². The molecule has 3 fully saturated rings. The zero-order valence-electron chi connectivity index (χ0n) is 30.5. The number of esters is 1. The van der Waals surface area contributed by atoms with Crippen LogP contribution in [0.25, 0.3) is 0 Å². The SMILES string of the molecule is CCC(C)(C)C(=O)C(=O)N1CCC[C@H]1C(=O)O.CCC(C)(C)C(=O)C(=O)N1CCC[C@H]1C(=O)O[C@H](CCc1ccccc1)C1CCCCC1. The van der Waals surface area contributed by atoms with Gasteiger partial charge in [0.25, 0.3) is 11.8 Å². The van der Waals surface area contributed by atoms with Crippen molar-refractivity contribution in [3.8, 4) is 0 Å². The van der Waals surface area contributed by atoms with Gasteiger partial charge in [-0.05, 0) is 75.7 Å². The average Bonchev–Trinajstić information content (AvgIpc) is 3.81. The van der Waals surface area contributed by atoms with Gasteiger partial charge in [-0.15, -0.1) is 0 Å².